The van der Waals surface area contributed by atoms with Crippen molar-refractivity contribution in [2.75, 3.05) is 11.9 Å². The van der Waals surface area contributed by atoms with Crippen molar-refractivity contribution in [2.24, 2.45) is 11.7 Å². The molecule has 0 aromatic heterocycles. The number of hydrogen-bond donors (Lipinski definition) is 3. The molecule has 100 valence electrons. The van der Waals surface area contributed by atoms with Crippen molar-refractivity contribution in [1.29, 1.82) is 0 Å². The van der Waals surface area contributed by atoms with E-state index in [4.69, 9.17) is 17.3 Å². The van der Waals surface area contributed by atoms with Gasteiger partial charge in [-0.2, -0.15) is 0 Å². The lowest BCUT2D eigenvalue weighted by molar-refractivity contribution is 0.225. The Bertz CT molecular complexity index is 422. The molecule has 1 rings (SSSR count). The quantitative estimate of drug-likeness (QED) is 0.787. The van der Waals surface area contributed by atoms with E-state index >= 15 is 0 Å². The molecule has 4 N–H and O–H groups in total. The second-order valence-electron chi connectivity index (χ2n) is 4.84. The number of para-hydroxylation sites is 1. The number of nitrogens with two attached hydrogens (primary N) is 1. The average molecular weight is 270 g/mol. The number of benzene rings is 1. The Morgan fingerprint density at radius 2 is 2.06 bits per heavy atom. The zero-order valence-corrected chi connectivity index (χ0v) is 11.7. The molecule has 1 aromatic rings. The molecule has 0 saturated heterocycles. The number of carbonyl (C=O) groups is 1. The van der Waals surface area contributed by atoms with Crippen molar-refractivity contribution in [3.05, 3.63) is 29.3 Å². The Labute approximate surface area is 113 Å². The molecule has 0 spiro atoms. The molecule has 0 radical (unpaired) electrons. The van der Waals surface area contributed by atoms with E-state index in [-0.39, 0.29) is 11.9 Å². The zero-order chi connectivity index (χ0) is 13.8. The third kappa shape index (κ3) is 3.62. The summed E-state index contributed by atoms with van der Waals surface area (Å²) >= 11 is 5.97. The lowest BCUT2D eigenvalue weighted by Gasteiger charge is -2.33. The molecule has 1 unspecified atom stereocenters. The van der Waals surface area contributed by atoms with Gasteiger partial charge in [0.15, 0.2) is 0 Å². The van der Waals surface area contributed by atoms with Gasteiger partial charge in [-0.3, -0.25) is 0 Å². The highest BCUT2D eigenvalue weighted by Gasteiger charge is 2.28. The van der Waals surface area contributed by atoms with Gasteiger partial charge in [0.2, 0.25) is 0 Å². The van der Waals surface area contributed by atoms with Gasteiger partial charge >= 0.3 is 6.03 Å². The molecule has 0 aliphatic carbocycles. The SMILES string of the molecule is CC(C)C(C)(CN)NC(=O)Nc1ccccc1Cl. The first-order valence-corrected chi connectivity index (χ1v) is 6.30. The Morgan fingerprint density at radius 1 is 1.44 bits per heavy atom. The van der Waals surface area contributed by atoms with Crippen molar-refractivity contribution in [2.45, 2.75) is 26.3 Å². The lowest BCUT2D eigenvalue weighted by Crippen LogP contribution is -2.56. The van der Waals surface area contributed by atoms with Crippen LogP contribution in [-0.2, 0) is 0 Å². The fraction of sp³-hybridized carbons (Fsp3) is 0.462. The summed E-state index contributed by atoms with van der Waals surface area (Å²) in [6, 6.07) is 6.79. The lowest BCUT2D eigenvalue weighted by atomic mass is 9.89. The van der Waals surface area contributed by atoms with E-state index < -0.39 is 5.54 Å². The Kier molecular flexibility index (Phi) is 4.99. The smallest absolute Gasteiger partial charge is 0.319 e. The molecule has 2 amide bonds. The van der Waals surface area contributed by atoms with Crippen LogP contribution in [-0.4, -0.2) is 18.1 Å². The molecular formula is C13H20ClN3O. The van der Waals surface area contributed by atoms with Crippen molar-refractivity contribution in [1.82, 2.24) is 5.32 Å². The highest BCUT2D eigenvalue weighted by Crippen LogP contribution is 2.21. The summed E-state index contributed by atoms with van der Waals surface area (Å²) in [5.74, 6) is 0.236. The largest absolute Gasteiger partial charge is 0.331 e. The fourth-order valence-corrected chi connectivity index (χ4v) is 1.59. The molecule has 0 bridgehead atoms. The molecule has 0 aliphatic heterocycles. The summed E-state index contributed by atoms with van der Waals surface area (Å²) in [6.07, 6.45) is 0. The minimum absolute atomic E-state index is 0.236. The molecule has 1 atom stereocenters. The van der Waals surface area contributed by atoms with Crippen molar-refractivity contribution in [3.63, 3.8) is 0 Å². The van der Waals surface area contributed by atoms with Gasteiger partial charge in [-0.25, -0.2) is 4.79 Å². The summed E-state index contributed by atoms with van der Waals surface area (Å²) < 4.78 is 0. The molecule has 0 saturated carbocycles. The predicted octanol–water partition coefficient (Wildman–Crippen LogP) is 2.83. The maximum atomic E-state index is 11.9. The Hall–Kier alpha value is -1.26. The van der Waals surface area contributed by atoms with Gasteiger partial charge in [0.25, 0.3) is 0 Å². The molecule has 0 aliphatic rings. The van der Waals surface area contributed by atoms with E-state index in [9.17, 15) is 4.79 Å². The topological polar surface area (TPSA) is 67.1 Å². The zero-order valence-electron chi connectivity index (χ0n) is 11.0. The van der Waals surface area contributed by atoms with Crippen LogP contribution in [0, 0.1) is 5.92 Å². The van der Waals surface area contributed by atoms with Crippen LogP contribution in [0.1, 0.15) is 20.8 Å². The van der Waals surface area contributed by atoms with Crippen LogP contribution in [0.15, 0.2) is 24.3 Å². The number of anilines is 1. The highest BCUT2D eigenvalue weighted by molar-refractivity contribution is 6.33. The first-order valence-electron chi connectivity index (χ1n) is 5.93. The number of amides is 2. The van der Waals surface area contributed by atoms with E-state index in [1.165, 1.54) is 0 Å². The summed E-state index contributed by atoms with van der Waals surface area (Å²) in [4.78, 5) is 11.9. The molecule has 4 nitrogen and oxygen atoms in total. The van der Waals surface area contributed by atoms with Crippen molar-refractivity contribution in [3.8, 4) is 0 Å². The second-order valence-corrected chi connectivity index (χ2v) is 5.24. The summed E-state index contributed by atoms with van der Waals surface area (Å²) in [5.41, 5.74) is 5.85. The average Bonchev–Trinajstić information content (AvgIpc) is 2.31. The third-order valence-corrected chi connectivity index (χ3v) is 3.55. The van der Waals surface area contributed by atoms with Crippen LogP contribution in [0.2, 0.25) is 5.02 Å². The van der Waals surface area contributed by atoms with Crippen molar-refractivity contribution >= 4 is 23.3 Å². The van der Waals surface area contributed by atoms with Crippen molar-refractivity contribution < 1.29 is 4.79 Å². The van der Waals surface area contributed by atoms with E-state index in [2.05, 4.69) is 10.6 Å². The maximum Gasteiger partial charge on any atom is 0.319 e. The molecule has 1 aromatic carbocycles. The Balaban J connectivity index is 2.70. The number of nitrogens with one attached hydrogen (secondary N) is 2. The first kappa shape index (κ1) is 14.8. The standard InChI is InChI=1S/C13H20ClN3O/c1-9(2)13(3,8-15)17-12(18)16-11-7-5-4-6-10(11)14/h4-7,9H,8,15H2,1-3H3,(H2,16,17,18). The van der Waals surface area contributed by atoms with Gasteiger partial charge in [-0.15, -0.1) is 0 Å². The van der Waals surface area contributed by atoms with Crippen LogP contribution < -0.4 is 16.4 Å². The van der Waals surface area contributed by atoms with Gasteiger partial charge in [0.05, 0.1) is 16.2 Å². The van der Waals surface area contributed by atoms with E-state index in [1.54, 1.807) is 12.1 Å². The van der Waals surface area contributed by atoms with E-state index in [1.807, 2.05) is 32.9 Å². The molecular weight excluding hydrogens is 250 g/mol. The predicted molar refractivity (Wildman–Crippen MR) is 75.9 cm³/mol. The van der Waals surface area contributed by atoms with Crippen LogP contribution in [0.3, 0.4) is 0 Å². The Morgan fingerprint density at radius 3 is 2.56 bits per heavy atom. The van der Waals surface area contributed by atoms with Crippen LogP contribution in [0.5, 0.6) is 0 Å². The molecule has 0 fully saturated rings. The van der Waals surface area contributed by atoms with E-state index in [0.717, 1.165) is 0 Å². The number of urea groups is 1. The number of carbonyl (C=O) groups excluding carboxylic acids is 1. The number of halogens is 1. The van der Waals surface area contributed by atoms with Crippen LogP contribution in [0.25, 0.3) is 0 Å². The van der Waals surface area contributed by atoms with Gasteiger partial charge in [0, 0.05) is 6.54 Å². The second kappa shape index (κ2) is 6.07. The molecule has 18 heavy (non-hydrogen) atoms. The number of hydrogen-bond acceptors (Lipinski definition) is 2. The number of rotatable bonds is 4. The van der Waals surface area contributed by atoms with Gasteiger partial charge in [0.1, 0.15) is 0 Å². The van der Waals surface area contributed by atoms with Gasteiger partial charge < -0.3 is 16.4 Å². The van der Waals surface area contributed by atoms with Gasteiger partial charge in [-0.05, 0) is 25.0 Å². The van der Waals surface area contributed by atoms with Crippen LogP contribution >= 0.6 is 11.6 Å². The monoisotopic (exact) mass is 269 g/mol. The molecule has 5 heteroatoms. The van der Waals surface area contributed by atoms with Crippen LogP contribution in [0.4, 0.5) is 10.5 Å². The third-order valence-electron chi connectivity index (χ3n) is 3.22. The summed E-state index contributed by atoms with van der Waals surface area (Å²) in [5, 5.41) is 6.11. The van der Waals surface area contributed by atoms with Gasteiger partial charge in [-0.1, -0.05) is 37.6 Å². The highest BCUT2D eigenvalue weighted by atomic mass is 35.5. The minimum Gasteiger partial charge on any atom is -0.331 e. The van der Waals surface area contributed by atoms with E-state index in [0.29, 0.717) is 17.3 Å². The fourth-order valence-electron chi connectivity index (χ4n) is 1.41. The summed E-state index contributed by atoms with van der Waals surface area (Å²) in [7, 11) is 0. The first-order chi connectivity index (χ1) is 8.39. The summed E-state index contributed by atoms with van der Waals surface area (Å²) in [6.45, 7) is 6.33. The molecule has 0 heterocycles. The normalized spacial score (nSPS) is 14.1. The minimum atomic E-state index is -0.439. The maximum absolute atomic E-state index is 11.9.